The molecule has 20 heteroatoms. The molecule has 51 heavy (non-hydrogen) atoms. The van der Waals surface area contributed by atoms with Crippen LogP contribution in [0.2, 0.25) is 0 Å². The highest BCUT2D eigenvalue weighted by Gasteiger charge is 2.26. The van der Waals surface area contributed by atoms with Gasteiger partial charge >= 0.3 is 11.9 Å². The molecule has 0 aromatic rings. The van der Waals surface area contributed by atoms with Crippen LogP contribution in [0.5, 0.6) is 0 Å². The van der Waals surface area contributed by atoms with Crippen molar-refractivity contribution in [2.24, 2.45) is 0 Å². The Morgan fingerprint density at radius 2 is 0.882 bits per heavy atom. The molecular weight excluding hydrogens is 949 g/mol. The lowest BCUT2D eigenvalue weighted by Crippen LogP contribution is -2.04. The summed E-state index contributed by atoms with van der Waals surface area (Å²) in [6.07, 6.45) is 14.0. The summed E-state index contributed by atoms with van der Waals surface area (Å²) in [6.45, 7) is 4.50. The number of hydrogen-bond acceptors (Lipinski definition) is 20. The zero-order chi connectivity index (χ0) is 36.6. The van der Waals surface area contributed by atoms with Crippen molar-refractivity contribution in [3.63, 3.8) is 0 Å². The fourth-order valence-electron chi connectivity index (χ4n) is 3.68. The van der Waals surface area contributed by atoms with Crippen molar-refractivity contribution in [1.29, 1.82) is 0 Å². The standard InChI is InChI=1S/C31H36O4S16/c1-5-34-20(32)11-13-40-28-30(50-24(48-28)8-7-22-44-18(15-36)19(16-37)45-22)42-17-43-31-29(41-14-12-21(33)35-6-2)49-25(51-31)10-9-23-46-26(38-3)27(39-4)47-23/h7-10,36-37H,5-6,11-17H2,1-4H3/b24-8-,25-10-. The van der Waals surface area contributed by atoms with Crippen LogP contribution in [-0.2, 0) is 19.1 Å². The number of thiol groups is 2. The van der Waals surface area contributed by atoms with Crippen LogP contribution in [0.4, 0.5) is 0 Å². The molecule has 0 atom stereocenters. The summed E-state index contributed by atoms with van der Waals surface area (Å²) >= 11 is 34.3. The van der Waals surface area contributed by atoms with Gasteiger partial charge in [-0.25, -0.2) is 0 Å². The summed E-state index contributed by atoms with van der Waals surface area (Å²) < 4.78 is 23.1. The Morgan fingerprint density at radius 3 is 1.22 bits per heavy atom. The molecule has 0 N–H and O–H groups in total. The second kappa shape index (κ2) is 25.7. The number of esters is 2. The molecule has 0 amide bonds. The highest BCUT2D eigenvalue weighted by atomic mass is 32.3. The summed E-state index contributed by atoms with van der Waals surface area (Å²) in [5.41, 5.74) is 0. The zero-order valence-electron chi connectivity index (χ0n) is 27.9. The normalized spacial score (nSPS) is 19.6. The van der Waals surface area contributed by atoms with Gasteiger partial charge in [-0.15, -0.1) is 70.6 Å². The predicted octanol–water partition coefficient (Wildman–Crippen LogP) is 14.2. The van der Waals surface area contributed by atoms with Gasteiger partial charge in [0.05, 0.1) is 64.2 Å². The van der Waals surface area contributed by atoms with Gasteiger partial charge in [0, 0.05) is 42.1 Å². The molecule has 0 radical (unpaired) electrons. The van der Waals surface area contributed by atoms with E-state index in [0.29, 0.717) is 37.6 Å². The molecule has 0 aliphatic carbocycles. The Bertz CT molecular complexity index is 1390. The van der Waals surface area contributed by atoms with Crippen molar-refractivity contribution in [2.45, 2.75) is 26.7 Å². The van der Waals surface area contributed by atoms with Gasteiger partial charge in [0.2, 0.25) is 0 Å². The van der Waals surface area contributed by atoms with E-state index < -0.39 is 0 Å². The maximum Gasteiger partial charge on any atom is 0.306 e. The van der Waals surface area contributed by atoms with Crippen LogP contribution in [0.15, 0.2) is 76.5 Å². The topological polar surface area (TPSA) is 52.6 Å². The van der Waals surface area contributed by atoms with Crippen LogP contribution in [0.25, 0.3) is 0 Å². The summed E-state index contributed by atoms with van der Waals surface area (Å²) in [5, 5.41) is 0.856. The lowest BCUT2D eigenvalue weighted by atomic mass is 10.5. The van der Waals surface area contributed by atoms with Crippen molar-refractivity contribution in [3.05, 3.63) is 76.5 Å². The van der Waals surface area contributed by atoms with Gasteiger partial charge < -0.3 is 9.47 Å². The molecule has 4 rings (SSSR count). The Morgan fingerprint density at radius 1 is 0.549 bits per heavy atom. The molecule has 4 nitrogen and oxygen atoms in total. The average Bonchev–Trinajstić information content (AvgIpc) is 3.91. The summed E-state index contributed by atoms with van der Waals surface area (Å²) in [6, 6.07) is 0. The largest absolute Gasteiger partial charge is 0.466 e. The third-order valence-corrected chi connectivity index (χ3v) is 25.6. The van der Waals surface area contributed by atoms with Crippen molar-refractivity contribution in [3.8, 4) is 0 Å². The maximum absolute atomic E-state index is 12.1. The average molecular weight is 986 g/mol. The van der Waals surface area contributed by atoms with E-state index in [0.717, 1.165) is 16.6 Å². The molecule has 280 valence electrons. The van der Waals surface area contributed by atoms with Crippen molar-refractivity contribution >= 4 is 202 Å². The third kappa shape index (κ3) is 15.6. The highest BCUT2D eigenvalue weighted by Crippen LogP contribution is 2.62. The van der Waals surface area contributed by atoms with Crippen LogP contribution in [-0.4, -0.2) is 65.8 Å². The van der Waals surface area contributed by atoms with E-state index in [1.54, 1.807) is 70.6 Å². The predicted molar refractivity (Wildman–Crippen MR) is 263 cm³/mol. The van der Waals surface area contributed by atoms with Crippen LogP contribution in [0.3, 0.4) is 0 Å². The number of thioether (sulfide) groups is 14. The maximum atomic E-state index is 12.1. The van der Waals surface area contributed by atoms with Gasteiger partial charge in [0.1, 0.15) is 0 Å². The quantitative estimate of drug-likeness (QED) is 0.0691. The van der Waals surface area contributed by atoms with Crippen LogP contribution in [0.1, 0.15) is 26.7 Å². The summed E-state index contributed by atoms with van der Waals surface area (Å²) in [5.74, 6) is 2.54. The first kappa shape index (κ1) is 46.2. The summed E-state index contributed by atoms with van der Waals surface area (Å²) in [7, 11) is 0. The first-order valence-corrected chi connectivity index (χ1v) is 29.3. The minimum absolute atomic E-state index is 0.149. The molecule has 0 aromatic carbocycles. The van der Waals surface area contributed by atoms with Gasteiger partial charge in [-0.05, 0) is 50.7 Å². The molecule has 4 aliphatic heterocycles. The molecule has 0 fully saturated rings. The molecule has 0 bridgehead atoms. The molecule has 0 unspecified atom stereocenters. The Labute approximate surface area is 373 Å². The number of hydrogen-bond donors (Lipinski definition) is 2. The minimum atomic E-state index is -0.153. The van der Waals surface area contributed by atoms with E-state index in [-0.39, 0.29) is 11.9 Å². The molecule has 4 aliphatic rings. The molecule has 0 saturated heterocycles. The molecule has 0 spiro atoms. The fraction of sp³-hybridized carbons (Fsp3) is 0.419. The second-order valence-electron chi connectivity index (χ2n) is 9.27. The number of carbonyl (C=O) groups excluding carboxylic acids is 2. The molecule has 4 heterocycles. The van der Waals surface area contributed by atoms with Gasteiger partial charge in [0.25, 0.3) is 0 Å². The minimum Gasteiger partial charge on any atom is -0.466 e. The van der Waals surface area contributed by atoms with E-state index in [9.17, 15) is 9.59 Å². The van der Waals surface area contributed by atoms with E-state index >= 15 is 0 Å². The number of rotatable bonds is 20. The Hall–Kier alpha value is 2.46. The van der Waals surface area contributed by atoms with Crippen LogP contribution in [0, 0.1) is 0 Å². The molecule has 0 aromatic heterocycles. The third-order valence-electron chi connectivity index (χ3n) is 5.86. The highest BCUT2D eigenvalue weighted by molar-refractivity contribution is 8.44. The van der Waals surface area contributed by atoms with Gasteiger partial charge in [-0.2, -0.15) is 25.3 Å². The Balaban J connectivity index is 1.42. The van der Waals surface area contributed by atoms with E-state index in [1.165, 1.54) is 52.2 Å². The fourth-order valence-corrected chi connectivity index (χ4v) is 23.6. The van der Waals surface area contributed by atoms with E-state index in [2.05, 4.69) is 62.1 Å². The van der Waals surface area contributed by atoms with Crippen molar-refractivity contribution < 1.29 is 19.1 Å². The van der Waals surface area contributed by atoms with Gasteiger partial charge in [0.15, 0.2) is 0 Å². The zero-order valence-corrected chi connectivity index (χ0v) is 41.1. The van der Waals surface area contributed by atoms with Gasteiger partial charge in [-0.1, -0.05) is 94.1 Å². The van der Waals surface area contributed by atoms with E-state index in [1.807, 2.05) is 108 Å². The smallest absolute Gasteiger partial charge is 0.306 e. The van der Waals surface area contributed by atoms with Crippen molar-refractivity contribution in [2.75, 3.05) is 53.8 Å². The van der Waals surface area contributed by atoms with Crippen molar-refractivity contribution in [1.82, 2.24) is 0 Å². The molecular formula is C31H36O4S16. The number of ether oxygens (including phenoxy) is 2. The first-order chi connectivity index (χ1) is 24.8. The Kier molecular flexibility index (Phi) is 23.3. The number of carbonyl (C=O) groups is 2. The van der Waals surface area contributed by atoms with Gasteiger partial charge in [-0.3, -0.25) is 9.59 Å². The van der Waals surface area contributed by atoms with Crippen LogP contribution < -0.4 is 0 Å². The number of allylic oxidation sites excluding steroid dienone is 4. The summed E-state index contributed by atoms with van der Waals surface area (Å²) in [4.78, 5) is 26.7. The first-order valence-electron chi connectivity index (χ1n) is 15.1. The second-order valence-corrected chi connectivity index (χ2v) is 27.3. The SMILES string of the molecule is CCOC(=O)CCSC1=C(SCSC2=C(SCCC(=O)OCC)S/C(=C/C=C3SC(SC)=C(SC)S3)S2)S/C(=C\C=C2SC(CS)=C(CS)S2)S1. The monoisotopic (exact) mass is 984 g/mol. The lowest BCUT2D eigenvalue weighted by molar-refractivity contribution is -0.143. The van der Waals surface area contributed by atoms with Crippen LogP contribution >= 0.6 is 190 Å². The lowest BCUT2D eigenvalue weighted by Gasteiger charge is -2.07. The molecule has 0 saturated carbocycles. The van der Waals surface area contributed by atoms with E-state index in [4.69, 9.17) is 9.47 Å².